The number of halogens is 4. The maximum absolute atomic E-state index is 13.5. The smallest absolute Gasteiger partial charge is 0.416 e. The number of benzene rings is 3. The number of alkyl halides is 3. The van der Waals surface area contributed by atoms with E-state index in [-0.39, 0.29) is 22.2 Å². The van der Waals surface area contributed by atoms with Gasteiger partial charge in [0.05, 0.1) is 12.7 Å². The van der Waals surface area contributed by atoms with E-state index < -0.39 is 17.3 Å². The van der Waals surface area contributed by atoms with Gasteiger partial charge < -0.3 is 15.0 Å². The molecule has 158 valence electrons. The largest absolute Gasteiger partial charge is 0.496 e. The second kappa shape index (κ2) is 8.00. The number of anilines is 2. The van der Waals surface area contributed by atoms with Crippen LogP contribution in [0.25, 0.3) is 22.0 Å². The topological polar surface area (TPSA) is 54.1 Å². The fourth-order valence-electron chi connectivity index (χ4n) is 3.41. The molecule has 4 aromatic rings. The number of para-hydroxylation sites is 1. The molecule has 0 saturated heterocycles. The first-order chi connectivity index (χ1) is 14.8. The monoisotopic (exact) mass is 444 g/mol. The van der Waals surface area contributed by atoms with Crippen LogP contribution in [0.4, 0.5) is 24.5 Å². The average Bonchev–Trinajstić information content (AvgIpc) is 2.74. The predicted octanol–water partition coefficient (Wildman–Crippen LogP) is 6.62. The Bertz CT molecular complexity index is 1320. The molecule has 2 N–H and O–H groups in total. The summed E-state index contributed by atoms with van der Waals surface area (Å²) in [4.78, 5) is 15.6. The number of aromatic nitrogens is 1. The summed E-state index contributed by atoms with van der Waals surface area (Å²) in [6, 6.07) is 16.8. The molecule has 0 atom stereocenters. The minimum atomic E-state index is -4.55. The van der Waals surface area contributed by atoms with Gasteiger partial charge in [0.2, 0.25) is 0 Å². The lowest BCUT2D eigenvalue weighted by atomic mass is 9.96. The second-order valence-corrected chi connectivity index (χ2v) is 7.23. The summed E-state index contributed by atoms with van der Waals surface area (Å²) in [5, 5.41) is 3.59. The number of hydrogen-bond acceptors (Lipinski definition) is 3. The van der Waals surface area contributed by atoms with E-state index in [1.165, 1.54) is 13.2 Å². The molecule has 0 fully saturated rings. The van der Waals surface area contributed by atoms with Crippen LogP contribution in [0.2, 0.25) is 5.02 Å². The van der Waals surface area contributed by atoms with E-state index in [1.54, 1.807) is 42.5 Å². The molecule has 3 aromatic carbocycles. The molecule has 0 spiro atoms. The first-order valence-corrected chi connectivity index (χ1v) is 9.59. The zero-order valence-corrected chi connectivity index (χ0v) is 16.9. The van der Waals surface area contributed by atoms with Crippen LogP contribution >= 0.6 is 11.6 Å². The number of hydrogen-bond donors (Lipinski definition) is 2. The molecule has 1 heterocycles. The van der Waals surface area contributed by atoms with Crippen LogP contribution in [0.3, 0.4) is 0 Å². The number of fused-ring (bicyclic) bond motifs is 1. The van der Waals surface area contributed by atoms with Gasteiger partial charge in [-0.15, -0.1) is 0 Å². The van der Waals surface area contributed by atoms with Crippen LogP contribution in [0, 0.1) is 0 Å². The highest BCUT2D eigenvalue weighted by Gasteiger charge is 2.31. The van der Waals surface area contributed by atoms with E-state index in [4.69, 9.17) is 16.3 Å². The first kappa shape index (κ1) is 20.8. The van der Waals surface area contributed by atoms with Crippen molar-refractivity contribution in [1.29, 1.82) is 0 Å². The molecule has 31 heavy (non-hydrogen) atoms. The Morgan fingerprint density at radius 3 is 2.42 bits per heavy atom. The van der Waals surface area contributed by atoms with Crippen molar-refractivity contribution < 1.29 is 17.9 Å². The molecule has 0 aliphatic heterocycles. The van der Waals surface area contributed by atoms with Crippen molar-refractivity contribution in [3.8, 4) is 16.9 Å². The van der Waals surface area contributed by atoms with Crippen molar-refractivity contribution in [2.24, 2.45) is 0 Å². The van der Waals surface area contributed by atoms with Gasteiger partial charge >= 0.3 is 6.18 Å². The lowest BCUT2D eigenvalue weighted by molar-refractivity contribution is -0.137. The van der Waals surface area contributed by atoms with Crippen LogP contribution in [0.5, 0.6) is 5.75 Å². The van der Waals surface area contributed by atoms with Gasteiger partial charge in [-0.3, -0.25) is 4.79 Å². The number of methoxy groups -OCH3 is 1. The van der Waals surface area contributed by atoms with Gasteiger partial charge in [0.25, 0.3) is 5.56 Å². The van der Waals surface area contributed by atoms with Gasteiger partial charge in [0, 0.05) is 32.7 Å². The third-order valence-corrected chi connectivity index (χ3v) is 5.05. The van der Waals surface area contributed by atoms with E-state index in [2.05, 4.69) is 10.3 Å². The maximum Gasteiger partial charge on any atom is 0.416 e. The molecular formula is C23H16ClF3N2O2. The molecular weight excluding hydrogens is 429 g/mol. The fraction of sp³-hybridized carbons (Fsp3) is 0.0870. The summed E-state index contributed by atoms with van der Waals surface area (Å²) < 4.78 is 45.8. The van der Waals surface area contributed by atoms with Gasteiger partial charge in [0.1, 0.15) is 11.4 Å². The van der Waals surface area contributed by atoms with Crippen molar-refractivity contribution in [1.82, 2.24) is 4.98 Å². The minimum absolute atomic E-state index is 0.0820. The SMILES string of the molecule is COc1ccc(Cl)cc1-c1c(Nc2ccccc2)c(=O)[nH]c2ccc(C(F)(F)F)cc12. The second-order valence-electron chi connectivity index (χ2n) is 6.80. The van der Waals surface area contributed by atoms with Gasteiger partial charge in [0.15, 0.2) is 0 Å². The van der Waals surface area contributed by atoms with Crippen LogP contribution < -0.4 is 15.6 Å². The summed E-state index contributed by atoms with van der Waals surface area (Å²) in [6.07, 6.45) is -4.55. The molecule has 0 bridgehead atoms. The van der Waals surface area contributed by atoms with E-state index in [0.29, 0.717) is 22.0 Å². The number of H-pyrrole nitrogens is 1. The Kier molecular flexibility index (Phi) is 5.37. The molecule has 8 heteroatoms. The highest BCUT2D eigenvalue weighted by atomic mass is 35.5. The Labute approximate surface area is 180 Å². The third kappa shape index (κ3) is 4.09. The molecule has 1 aromatic heterocycles. The first-order valence-electron chi connectivity index (χ1n) is 9.21. The van der Waals surface area contributed by atoms with Crippen LogP contribution in [0.1, 0.15) is 5.56 Å². The van der Waals surface area contributed by atoms with Gasteiger partial charge in [-0.05, 0) is 48.5 Å². The zero-order valence-electron chi connectivity index (χ0n) is 16.2. The summed E-state index contributed by atoms with van der Waals surface area (Å²) in [7, 11) is 1.44. The maximum atomic E-state index is 13.5. The summed E-state index contributed by atoms with van der Waals surface area (Å²) in [5.74, 6) is 0.366. The van der Waals surface area contributed by atoms with E-state index >= 15 is 0 Å². The van der Waals surface area contributed by atoms with Crippen molar-refractivity contribution in [3.05, 3.63) is 87.7 Å². The lowest BCUT2D eigenvalue weighted by Gasteiger charge is -2.18. The van der Waals surface area contributed by atoms with E-state index in [9.17, 15) is 18.0 Å². The molecule has 0 unspecified atom stereocenters. The van der Waals surface area contributed by atoms with Crippen molar-refractivity contribution in [2.75, 3.05) is 12.4 Å². The molecule has 0 radical (unpaired) electrons. The Hall–Kier alpha value is -3.45. The molecule has 0 aliphatic rings. The van der Waals surface area contributed by atoms with E-state index in [1.807, 2.05) is 6.07 Å². The Morgan fingerprint density at radius 2 is 1.74 bits per heavy atom. The van der Waals surface area contributed by atoms with Gasteiger partial charge in [-0.2, -0.15) is 13.2 Å². The number of rotatable bonds is 4. The molecule has 4 rings (SSSR count). The average molecular weight is 445 g/mol. The molecule has 0 aliphatic carbocycles. The third-order valence-electron chi connectivity index (χ3n) is 4.82. The molecule has 0 amide bonds. The fourth-order valence-corrected chi connectivity index (χ4v) is 3.58. The number of nitrogens with one attached hydrogen (secondary N) is 2. The molecule has 0 saturated carbocycles. The van der Waals surface area contributed by atoms with Gasteiger partial charge in [-0.25, -0.2) is 0 Å². The highest BCUT2D eigenvalue weighted by molar-refractivity contribution is 6.31. The zero-order chi connectivity index (χ0) is 22.2. The van der Waals surface area contributed by atoms with Gasteiger partial charge in [-0.1, -0.05) is 29.8 Å². The molecule has 4 nitrogen and oxygen atoms in total. The van der Waals surface area contributed by atoms with E-state index in [0.717, 1.165) is 12.1 Å². The number of aromatic amines is 1. The summed E-state index contributed by atoms with van der Waals surface area (Å²) >= 11 is 6.19. The normalized spacial score (nSPS) is 11.5. The van der Waals surface area contributed by atoms with Crippen molar-refractivity contribution in [2.45, 2.75) is 6.18 Å². The Morgan fingerprint density at radius 1 is 1.00 bits per heavy atom. The lowest BCUT2D eigenvalue weighted by Crippen LogP contribution is -2.14. The van der Waals surface area contributed by atoms with Crippen LogP contribution in [-0.2, 0) is 6.18 Å². The minimum Gasteiger partial charge on any atom is -0.496 e. The van der Waals surface area contributed by atoms with Crippen molar-refractivity contribution >= 4 is 33.9 Å². The standard InChI is InChI=1S/C23H16ClF3N2O2/c1-31-19-10-8-14(24)12-17(19)20-16-11-13(23(25,26)27)7-9-18(16)29-22(30)21(20)28-15-5-3-2-4-6-15/h2-12,28H,1H3,(H,29,30). The number of ether oxygens (including phenoxy) is 1. The summed E-state index contributed by atoms with van der Waals surface area (Å²) in [5.41, 5.74) is 0.263. The number of pyridine rings is 1. The Balaban J connectivity index is 2.11. The van der Waals surface area contributed by atoms with Crippen LogP contribution in [-0.4, -0.2) is 12.1 Å². The van der Waals surface area contributed by atoms with Crippen molar-refractivity contribution in [3.63, 3.8) is 0 Å². The van der Waals surface area contributed by atoms with Crippen LogP contribution in [0.15, 0.2) is 71.5 Å². The quantitative estimate of drug-likeness (QED) is 0.372. The highest BCUT2D eigenvalue weighted by Crippen LogP contribution is 2.42. The summed E-state index contributed by atoms with van der Waals surface area (Å²) in [6.45, 7) is 0. The predicted molar refractivity (Wildman–Crippen MR) is 116 cm³/mol.